The molecule has 2 heteroatoms. The van der Waals surface area contributed by atoms with Crippen molar-refractivity contribution in [2.75, 3.05) is 0 Å². The summed E-state index contributed by atoms with van der Waals surface area (Å²) in [7, 11) is 0. The number of aldehydes is 1. The largest absolute Gasteiger partial charge is 0.303 e. The second kappa shape index (κ2) is 9.20. The molecule has 0 aliphatic heterocycles. The first-order chi connectivity index (χ1) is 4.27. The third kappa shape index (κ3) is 11.1. The van der Waals surface area contributed by atoms with Gasteiger partial charge in [0.05, 0.1) is 0 Å². The Bertz CT molecular complexity index is 71.7. The van der Waals surface area contributed by atoms with E-state index in [9.17, 15) is 4.79 Å². The molecule has 0 saturated heterocycles. The van der Waals surface area contributed by atoms with Gasteiger partial charge in [0.1, 0.15) is 6.29 Å². The molecule has 60 valence electrons. The maximum absolute atomic E-state index is 9.85. The van der Waals surface area contributed by atoms with Crippen molar-refractivity contribution in [2.45, 2.75) is 39.5 Å². The van der Waals surface area contributed by atoms with E-state index in [1.165, 1.54) is 12.8 Å². The monoisotopic (exact) mass is 158 g/mol. The summed E-state index contributed by atoms with van der Waals surface area (Å²) in [6.07, 6.45) is 5.28. The average molecular weight is 158 g/mol. The Morgan fingerprint density at radius 1 is 1.30 bits per heavy atom. The third-order valence-electron chi connectivity index (χ3n) is 1.35. The van der Waals surface area contributed by atoms with Crippen LogP contribution in [0.2, 0.25) is 0 Å². The summed E-state index contributed by atoms with van der Waals surface area (Å²) >= 11 is 0. The normalized spacial score (nSPS) is 9.10. The van der Waals surface area contributed by atoms with Gasteiger partial charge in [-0.2, -0.15) is 0 Å². The van der Waals surface area contributed by atoms with Gasteiger partial charge in [-0.3, -0.25) is 0 Å². The van der Waals surface area contributed by atoms with Crippen LogP contribution in [0.5, 0.6) is 0 Å². The Hall–Kier alpha value is 0.202. The van der Waals surface area contributed by atoms with Crippen molar-refractivity contribution < 1.29 is 4.79 Å². The topological polar surface area (TPSA) is 17.1 Å². The molecule has 0 atom stereocenters. The van der Waals surface area contributed by atoms with Crippen molar-refractivity contribution in [1.82, 2.24) is 0 Å². The van der Waals surface area contributed by atoms with Crippen molar-refractivity contribution >= 4 is 23.6 Å². The van der Waals surface area contributed by atoms with Crippen molar-refractivity contribution in [2.24, 2.45) is 5.92 Å². The van der Waals surface area contributed by atoms with Crippen molar-refractivity contribution in [3.05, 3.63) is 0 Å². The second-order valence-corrected chi connectivity index (χ2v) is 2.84. The lowest BCUT2D eigenvalue weighted by molar-refractivity contribution is -0.107. The van der Waals surface area contributed by atoms with Crippen LogP contribution < -0.4 is 0 Å². The van der Waals surface area contributed by atoms with Gasteiger partial charge in [-0.05, 0) is 12.3 Å². The molecule has 1 nitrogen and oxygen atoms in total. The van der Waals surface area contributed by atoms with E-state index >= 15 is 0 Å². The standard InChI is InChI=1S/C8H16O.Al.3H/c1-8(2)6-4-3-5-7-9;;;;/h7-8H,3-6H2,1-2H3;;;;. The number of carbonyl (C=O) groups excluding carboxylic acids is 1. The first-order valence-corrected chi connectivity index (χ1v) is 3.71. The van der Waals surface area contributed by atoms with Crippen LogP contribution in [0.1, 0.15) is 39.5 Å². The van der Waals surface area contributed by atoms with Crippen LogP contribution >= 0.6 is 0 Å². The lowest BCUT2D eigenvalue weighted by atomic mass is 10.1. The highest BCUT2D eigenvalue weighted by molar-refractivity contribution is 5.75. The number of hydrogen-bond donors (Lipinski definition) is 0. The molecule has 0 aromatic heterocycles. The molecule has 0 spiro atoms. The van der Waals surface area contributed by atoms with Crippen molar-refractivity contribution in [1.29, 1.82) is 0 Å². The summed E-state index contributed by atoms with van der Waals surface area (Å²) in [6.45, 7) is 4.42. The van der Waals surface area contributed by atoms with Crippen LogP contribution in [0, 0.1) is 5.92 Å². The zero-order valence-electron chi connectivity index (χ0n) is 6.39. The van der Waals surface area contributed by atoms with Gasteiger partial charge in [0.15, 0.2) is 17.4 Å². The molecule has 0 heterocycles. The van der Waals surface area contributed by atoms with E-state index in [0.29, 0.717) is 0 Å². The van der Waals surface area contributed by atoms with Gasteiger partial charge in [0.2, 0.25) is 0 Å². The number of unbranched alkanes of at least 4 members (excludes halogenated alkanes) is 2. The van der Waals surface area contributed by atoms with Crippen molar-refractivity contribution in [3.8, 4) is 0 Å². The highest BCUT2D eigenvalue weighted by atomic mass is 27.0. The molecule has 10 heavy (non-hydrogen) atoms. The van der Waals surface area contributed by atoms with E-state index in [1.54, 1.807) is 0 Å². The Morgan fingerprint density at radius 3 is 2.30 bits per heavy atom. The Morgan fingerprint density at radius 2 is 1.90 bits per heavy atom. The molecule has 0 amide bonds. The summed E-state index contributed by atoms with van der Waals surface area (Å²) < 4.78 is 0. The van der Waals surface area contributed by atoms with Gasteiger partial charge in [-0.25, -0.2) is 0 Å². The van der Waals surface area contributed by atoms with Crippen LogP contribution in [-0.2, 0) is 4.79 Å². The highest BCUT2D eigenvalue weighted by Gasteiger charge is 1.92. The van der Waals surface area contributed by atoms with Crippen LogP contribution in [0.25, 0.3) is 0 Å². The van der Waals surface area contributed by atoms with Crippen LogP contribution in [-0.4, -0.2) is 23.6 Å². The van der Waals surface area contributed by atoms with Crippen LogP contribution in [0.15, 0.2) is 0 Å². The highest BCUT2D eigenvalue weighted by Crippen LogP contribution is 2.06. The molecule has 0 saturated carbocycles. The minimum Gasteiger partial charge on any atom is -0.303 e. The Labute approximate surface area is 74.3 Å². The summed E-state index contributed by atoms with van der Waals surface area (Å²) in [5.41, 5.74) is 0. The Kier molecular flexibility index (Phi) is 11.8. The summed E-state index contributed by atoms with van der Waals surface area (Å²) in [5.74, 6) is 0.789. The minimum atomic E-state index is 0. The summed E-state index contributed by atoms with van der Waals surface area (Å²) in [5, 5.41) is 0. The molecule has 0 fully saturated rings. The van der Waals surface area contributed by atoms with Gasteiger partial charge < -0.3 is 4.79 Å². The molecule has 0 bridgehead atoms. The molecule has 0 aromatic carbocycles. The Balaban J connectivity index is 0. The zero-order valence-corrected chi connectivity index (χ0v) is 6.39. The predicted octanol–water partition coefficient (Wildman–Crippen LogP) is 1.22. The van der Waals surface area contributed by atoms with Crippen molar-refractivity contribution in [3.63, 3.8) is 0 Å². The fraction of sp³-hybridized carbons (Fsp3) is 0.875. The lowest BCUT2D eigenvalue weighted by Crippen LogP contribution is -1.86. The fourth-order valence-corrected chi connectivity index (χ4v) is 0.780. The summed E-state index contributed by atoms with van der Waals surface area (Å²) in [6, 6.07) is 0. The first kappa shape index (κ1) is 12.8. The molecule has 0 aliphatic rings. The van der Waals surface area contributed by atoms with E-state index in [0.717, 1.165) is 25.0 Å². The van der Waals surface area contributed by atoms with E-state index in [4.69, 9.17) is 0 Å². The van der Waals surface area contributed by atoms with E-state index < -0.39 is 0 Å². The van der Waals surface area contributed by atoms with Crippen LogP contribution in [0.3, 0.4) is 0 Å². The van der Waals surface area contributed by atoms with E-state index in [-0.39, 0.29) is 17.4 Å². The lowest BCUT2D eigenvalue weighted by Gasteiger charge is -2.00. The molecule has 0 aromatic rings. The van der Waals surface area contributed by atoms with Gasteiger partial charge >= 0.3 is 0 Å². The minimum absolute atomic E-state index is 0. The summed E-state index contributed by atoms with van der Waals surface area (Å²) in [4.78, 5) is 9.85. The molecule has 0 aliphatic carbocycles. The average Bonchev–Trinajstić information content (AvgIpc) is 1.80. The quantitative estimate of drug-likeness (QED) is 0.334. The molecular formula is C8H19AlO. The molecule has 0 unspecified atom stereocenters. The van der Waals surface area contributed by atoms with Gasteiger partial charge in [0, 0.05) is 6.42 Å². The second-order valence-electron chi connectivity index (χ2n) is 2.84. The smallest absolute Gasteiger partial charge is 0.187 e. The first-order valence-electron chi connectivity index (χ1n) is 3.71. The third-order valence-corrected chi connectivity index (χ3v) is 1.35. The number of hydrogen-bond acceptors (Lipinski definition) is 1. The zero-order chi connectivity index (χ0) is 7.11. The van der Waals surface area contributed by atoms with Crippen LogP contribution in [0.4, 0.5) is 0 Å². The van der Waals surface area contributed by atoms with E-state index in [1.807, 2.05) is 0 Å². The fourth-order valence-electron chi connectivity index (χ4n) is 0.780. The SMILES string of the molecule is CC(C)CCCCC=O.[AlH3]. The number of rotatable bonds is 5. The molecule has 0 N–H and O–H groups in total. The van der Waals surface area contributed by atoms with Gasteiger partial charge in [0.25, 0.3) is 0 Å². The number of carbonyl (C=O) groups is 1. The maximum atomic E-state index is 9.85. The molecule has 0 rings (SSSR count). The van der Waals surface area contributed by atoms with E-state index in [2.05, 4.69) is 13.8 Å². The van der Waals surface area contributed by atoms with Gasteiger partial charge in [-0.1, -0.05) is 26.7 Å². The molecular weight excluding hydrogens is 139 g/mol. The van der Waals surface area contributed by atoms with Gasteiger partial charge in [-0.15, -0.1) is 0 Å². The predicted molar refractivity (Wildman–Crippen MR) is 49.3 cm³/mol. The maximum Gasteiger partial charge on any atom is 0.187 e. The molecule has 0 radical (unpaired) electrons.